The molecule has 4 N–H and O–H groups in total. The van der Waals surface area contributed by atoms with Crippen molar-refractivity contribution in [3.8, 4) is 0 Å². The van der Waals surface area contributed by atoms with Gasteiger partial charge in [-0.1, -0.05) is 19.1 Å². The van der Waals surface area contributed by atoms with E-state index in [1.807, 2.05) is 0 Å². The molecule has 1 aromatic carbocycles. The van der Waals surface area contributed by atoms with Crippen molar-refractivity contribution in [1.82, 2.24) is 26.4 Å². The first kappa shape index (κ1) is 24.1. The molecule has 0 aromatic heterocycles. The van der Waals surface area contributed by atoms with Gasteiger partial charge in [-0.15, -0.1) is 0 Å². The molecule has 6 atom stereocenters. The van der Waals surface area contributed by atoms with Crippen LogP contribution in [0.25, 0.3) is 0 Å². The number of nitrogens with one attached hydrogen (secondary N) is 4. The molecule has 0 bridgehead atoms. The highest BCUT2D eigenvalue weighted by molar-refractivity contribution is 5.82. The van der Waals surface area contributed by atoms with Gasteiger partial charge in [-0.25, -0.2) is 9.82 Å². The van der Waals surface area contributed by atoms with Gasteiger partial charge < -0.3 is 15.4 Å². The van der Waals surface area contributed by atoms with Gasteiger partial charge in [0.15, 0.2) is 0 Å². The lowest BCUT2D eigenvalue weighted by Gasteiger charge is -2.42. The largest absolute Gasteiger partial charge is 0.366 e. The highest BCUT2D eigenvalue weighted by Crippen LogP contribution is 2.33. The second-order valence-corrected chi connectivity index (χ2v) is 9.50. The Morgan fingerprint density at radius 3 is 2.76 bits per heavy atom. The number of fused-ring (bicyclic) bond motifs is 1. The summed E-state index contributed by atoms with van der Waals surface area (Å²) in [5.41, 5.74) is 7.54. The molecule has 6 unspecified atom stereocenters. The standard InChI is InChI=1S/C24H36FN5O3/c1-15(16-3-5-17(25)6-4-16)9-10-27-23(31)21-14-30(11-12-33-21)18-7-8-19-20(13-18)28-29-22(19)24(32)26-2/h3-6,15,18-22,28-29H,7-14H2,1-2H3,(H,26,32)(H,27,31). The zero-order valence-corrected chi connectivity index (χ0v) is 19.5. The Kier molecular flexibility index (Phi) is 7.95. The fourth-order valence-electron chi connectivity index (χ4n) is 5.43. The summed E-state index contributed by atoms with van der Waals surface area (Å²) in [5.74, 6) is 0.253. The van der Waals surface area contributed by atoms with Gasteiger partial charge in [0.2, 0.25) is 11.8 Å². The van der Waals surface area contributed by atoms with E-state index < -0.39 is 6.10 Å². The number of benzene rings is 1. The molecule has 3 aliphatic rings. The summed E-state index contributed by atoms with van der Waals surface area (Å²) in [6, 6.07) is 6.99. The van der Waals surface area contributed by atoms with Crippen molar-refractivity contribution >= 4 is 11.8 Å². The molecule has 2 aliphatic heterocycles. The Labute approximate surface area is 195 Å². The minimum atomic E-state index is -0.467. The molecule has 0 spiro atoms. The number of rotatable bonds is 7. The fraction of sp³-hybridized carbons (Fsp3) is 0.667. The normalized spacial score (nSPS) is 30.9. The van der Waals surface area contributed by atoms with Gasteiger partial charge in [0.05, 0.1) is 6.61 Å². The minimum Gasteiger partial charge on any atom is -0.366 e. The summed E-state index contributed by atoms with van der Waals surface area (Å²) in [5, 5.41) is 5.76. The summed E-state index contributed by atoms with van der Waals surface area (Å²) < 4.78 is 18.9. The summed E-state index contributed by atoms with van der Waals surface area (Å²) in [6.07, 6.45) is 3.26. The van der Waals surface area contributed by atoms with Gasteiger partial charge in [0.25, 0.3) is 0 Å². The van der Waals surface area contributed by atoms with Crippen LogP contribution in [0.15, 0.2) is 24.3 Å². The first-order valence-corrected chi connectivity index (χ1v) is 12.1. The second-order valence-electron chi connectivity index (χ2n) is 9.50. The monoisotopic (exact) mass is 461 g/mol. The Morgan fingerprint density at radius 2 is 2.00 bits per heavy atom. The number of amides is 2. The van der Waals surface area contributed by atoms with E-state index in [9.17, 15) is 14.0 Å². The number of likely N-dealkylation sites (N-methyl/N-ethyl adjacent to an activating group) is 1. The molecular formula is C24H36FN5O3. The smallest absolute Gasteiger partial charge is 0.250 e. The molecular weight excluding hydrogens is 425 g/mol. The molecule has 0 radical (unpaired) electrons. The molecule has 2 saturated heterocycles. The van der Waals surface area contributed by atoms with Crippen LogP contribution in [0, 0.1) is 11.7 Å². The molecule has 2 heterocycles. The number of nitrogens with zero attached hydrogens (tertiary/aromatic N) is 1. The van der Waals surface area contributed by atoms with Crippen molar-refractivity contribution in [3.63, 3.8) is 0 Å². The lowest BCUT2D eigenvalue weighted by Crippen LogP contribution is -2.55. The third kappa shape index (κ3) is 5.71. The number of halogens is 1. The topological polar surface area (TPSA) is 94.7 Å². The van der Waals surface area contributed by atoms with E-state index in [1.54, 1.807) is 19.2 Å². The van der Waals surface area contributed by atoms with Crippen molar-refractivity contribution in [2.75, 3.05) is 33.3 Å². The molecule has 4 rings (SSSR count). The maximum absolute atomic E-state index is 13.1. The first-order chi connectivity index (χ1) is 16.0. The van der Waals surface area contributed by atoms with E-state index in [-0.39, 0.29) is 35.6 Å². The zero-order chi connectivity index (χ0) is 23.4. The van der Waals surface area contributed by atoms with Crippen LogP contribution >= 0.6 is 0 Å². The lowest BCUT2D eigenvalue weighted by atomic mass is 9.78. The van der Waals surface area contributed by atoms with E-state index in [2.05, 4.69) is 33.3 Å². The number of carbonyl (C=O) groups excluding carboxylic acids is 2. The Bertz CT molecular complexity index is 823. The van der Waals surface area contributed by atoms with Crippen molar-refractivity contribution in [2.24, 2.45) is 5.92 Å². The van der Waals surface area contributed by atoms with Crippen molar-refractivity contribution in [3.05, 3.63) is 35.6 Å². The number of hydrogen-bond acceptors (Lipinski definition) is 6. The van der Waals surface area contributed by atoms with Crippen molar-refractivity contribution in [1.29, 1.82) is 0 Å². The van der Waals surface area contributed by atoms with E-state index in [0.717, 1.165) is 37.8 Å². The fourth-order valence-corrected chi connectivity index (χ4v) is 5.43. The highest BCUT2D eigenvalue weighted by Gasteiger charge is 2.44. The molecule has 1 aliphatic carbocycles. The van der Waals surface area contributed by atoms with Crippen LogP contribution in [0.3, 0.4) is 0 Å². The third-order valence-corrected chi connectivity index (χ3v) is 7.48. The Morgan fingerprint density at radius 1 is 1.21 bits per heavy atom. The van der Waals surface area contributed by atoms with Gasteiger partial charge in [0, 0.05) is 44.7 Å². The van der Waals surface area contributed by atoms with Crippen LogP contribution in [-0.2, 0) is 14.3 Å². The predicted octanol–water partition coefficient (Wildman–Crippen LogP) is 0.896. The number of hydrazine groups is 1. The van der Waals surface area contributed by atoms with E-state index in [1.165, 1.54) is 12.1 Å². The van der Waals surface area contributed by atoms with Crippen LogP contribution in [0.1, 0.15) is 44.1 Å². The van der Waals surface area contributed by atoms with Crippen LogP contribution in [0.5, 0.6) is 0 Å². The first-order valence-electron chi connectivity index (χ1n) is 12.1. The minimum absolute atomic E-state index is 0.0327. The van der Waals surface area contributed by atoms with E-state index in [0.29, 0.717) is 31.7 Å². The van der Waals surface area contributed by atoms with E-state index >= 15 is 0 Å². The number of hydrogen-bond donors (Lipinski definition) is 4. The summed E-state index contributed by atoms with van der Waals surface area (Å²) in [4.78, 5) is 27.2. The lowest BCUT2D eigenvalue weighted by molar-refractivity contribution is -0.140. The number of carbonyl (C=O) groups is 2. The summed E-state index contributed by atoms with van der Waals surface area (Å²) >= 11 is 0. The van der Waals surface area contributed by atoms with Gasteiger partial charge in [-0.2, -0.15) is 0 Å². The van der Waals surface area contributed by atoms with Crippen LogP contribution in [0.2, 0.25) is 0 Å². The van der Waals surface area contributed by atoms with Gasteiger partial charge >= 0.3 is 0 Å². The zero-order valence-electron chi connectivity index (χ0n) is 19.5. The molecule has 8 nitrogen and oxygen atoms in total. The van der Waals surface area contributed by atoms with Gasteiger partial charge in [-0.05, 0) is 49.3 Å². The van der Waals surface area contributed by atoms with Gasteiger partial charge in [-0.3, -0.25) is 19.9 Å². The molecule has 1 saturated carbocycles. The third-order valence-electron chi connectivity index (χ3n) is 7.48. The quantitative estimate of drug-likeness (QED) is 0.482. The van der Waals surface area contributed by atoms with Crippen LogP contribution < -0.4 is 21.5 Å². The molecule has 2 amide bonds. The average Bonchev–Trinajstić information content (AvgIpc) is 3.27. The Balaban J connectivity index is 1.23. The highest BCUT2D eigenvalue weighted by atomic mass is 19.1. The van der Waals surface area contributed by atoms with Crippen molar-refractivity contribution in [2.45, 2.75) is 62.8 Å². The number of morpholine rings is 1. The Hall–Kier alpha value is -2.07. The molecule has 182 valence electrons. The maximum Gasteiger partial charge on any atom is 0.250 e. The summed E-state index contributed by atoms with van der Waals surface area (Å²) in [7, 11) is 1.67. The van der Waals surface area contributed by atoms with Crippen LogP contribution in [0.4, 0.5) is 4.39 Å². The summed E-state index contributed by atoms with van der Waals surface area (Å²) in [6.45, 7) is 4.59. The molecule has 33 heavy (non-hydrogen) atoms. The SMILES string of the molecule is CNC(=O)C1NNC2CC(N3CCOC(C(=O)NCCC(C)c4ccc(F)cc4)C3)CCC21. The van der Waals surface area contributed by atoms with Crippen LogP contribution in [-0.4, -0.2) is 74.2 Å². The molecule has 1 aromatic rings. The molecule has 9 heteroatoms. The molecule has 3 fully saturated rings. The average molecular weight is 462 g/mol. The maximum atomic E-state index is 13.1. The van der Waals surface area contributed by atoms with E-state index in [4.69, 9.17) is 4.74 Å². The van der Waals surface area contributed by atoms with Crippen molar-refractivity contribution < 1.29 is 18.7 Å². The van der Waals surface area contributed by atoms with Gasteiger partial charge in [0.1, 0.15) is 18.0 Å². The number of ether oxygens (including phenoxy) is 1. The second kappa shape index (κ2) is 10.9. The predicted molar refractivity (Wildman–Crippen MR) is 123 cm³/mol.